The summed E-state index contributed by atoms with van der Waals surface area (Å²) < 4.78 is 19.8. The first-order chi connectivity index (χ1) is 22.9. The lowest BCUT2D eigenvalue weighted by Gasteiger charge is -2.49. The fourth-order valence-electron chi connectivity index (χ4n) is 8.31. The molecule has 0 aromatic heterocycles. The first kappa shape index (κ1) is 31.6. The summed E-state index contributed by atoms with van der Waals surface area (Å²) in [6.45, 7) is 3.67. The number of fused-ring (bicyclic) bond motifs is 4. The maximum Gasteiger partial charge on any atom is 0.335 e. The van der Waals surface area contributed by atoms with Gasteiger partial charge < -0.3 is 14.9 Å². The molecule has 3 aromatic rings. The molecule has 4 aliphatic rings. The van der Waals surface area contributed by atoms with E-state index < -0.39 is 70.4 Å². The van der Waals surface area contributed by atoms with Crippen LogP contribution in [0.1, 0.15) is 48.5 Å². The van der Waals surface area contributed by atoms with E-state index in [1.165, 1.54) is 36.4 Å². The van der Waals surface area contributed by atoms with Gasteiger partial charge in [0, 0.05) is 11.5 Å². The lowest BCUT2D eigenvalue weighted by atomic mass is 9.51. The van der Waals surface area contributed by atoms with E-state index in [9.17, 15) is 38.6 Å². The molecule has 0 spiro atoms. The van der Waals surface area contributed by atoms with Gasteiger partial charge in [-0.25, -0.2) is 14.1 Å². The highest BCUT2D eigenvalue weighted by atomic mass is 35.5. The maximum absolute atomic E-state index is 14.6. The number of carboxylic acid groups (broad SMARTS) is 1. The number of phenolic OH excluding ortho intramolecular Hbond substituents is 1. The smallest absolute Gasteiger partial charge is 0.335 e. The molecule has 2 saturated heterocycles. The quantitative estimate of drug-likeness (QED) is 0.250. The molecule has 1 saturated carbocycles. The summed E-state index contributed by atoms with van der Waals surface area (Å²) in [5.41, 5.74) is -0.365. The van der Waals surface area contributed by atoms with E-state index in [2.05, 4.69) is 0 Å². The minimum atomic E-state index is -1.46. The molecule has 2 N–H and O–H groups in total. The Balaban J connectivity index is 1.38. The van der Waals surface area contributed by atoms with Crippen LogP contribution in [-0.2, 0) is 19.2 Å². The number of anilines is 2. The number of hydrogen-bond donors (Lipinski definition) is 2. The van der Waals surface area contributed by atoms with Crippen LogP contribution in [0.3, 0.4) is 0 Å². The van der Waals surface area contributed by atoms with Gasteiger partial charge >= 0.3 is 5.97 Å². The zero-order valence-electron chi connectivity index (χ0n) is 25.9. The fraction of sp³-hybridized carbons (Fsp3) is 0.306. The van der Waals surface area contributed by atoms with Crippen molar-refractivity contribution in [3.63, 3.8) is 0 Å². The monoisotopic (exact) mass is 672 g/mol. The van der Waals surface area contributed by atoms with Crippen LogP contribution < -0.4 is 14.5 Å². The number of para-hydroxylation sites is 1. The third-order valence-electron chi connectivity index (χ3n) is 10.4. The lowest BCUT2D eigenvalue weighted by molar-refractivity contribution is -0.131. The summed E-state index contributed by atoms with van der Waals surface area (Å²) >= 11 is 6.06. The number of halogens is 2. The van der Waals surface area contributed by atoms with Gasteiger partial charge in [-0.3, -0.25) is 24.1 Å². The molecule has 6 atom stereocenters. The van der Waals surface area contributed by atoms with Gasteiger partial charge in [0.1, 0.15) is 5.82 Å². The second kappa shape index (κ2) is 11.3. The SMILES string of the molecule is CCOc1cccc(C2C3=CCC4C(=O)N(c5cccc(C(=O)O)c5)C(=O)C4C3CC3C(=O)N(c4ccc(F)c(Cl)c4)C(=O)C32C)c1O. The van der Waals surface area contributed by atoms with Crippen molar-refractivity contribution in [2.45, 2.75) is 32.6 Å². The van der Waals surface area contributed by atoms with E-state index in [0.29, 0.717) is 11.1 Å². The zero-order valence-corrected chi connectivity index (χ0v) is 26.6. The molecule has 2 heterocycles. The second-order valence-electron chi connectivity index (χ2n) is 12.8. The van der Waals surface area contributed by atoms with Crippen LogP contribution in [0.15, 0.2) is 72.3 Å². The fourth-order valence-corrected chi connectivity index (χ4v) is 8.48. The molecule has 0 bridgehead atoms. The van der Waals surface area contributed by atoms with Crippen molar-refractivity contribution in [1.29, 1.82) is 0 Å². The highest BCUT2D eigenvalue weighted by Crippen LogP contribution is 2.65. The number of aromatic carboxylic acids is 1. The molecular weight excluding hydrogens is 643 g/mol. The summed E-state index contributed by atoms with van der Waals surface area (Å²) in [6.07, 6.45) is 2.03. The van der Waals surface area contributed by atoms with Gasteiger partial charge in [0.25, 0.3) is 0 Å². The van der Waals surface area contributed by atoms with Crippen LogP contribution in [0.4, 0.5) is 15.8 Å². The van der Waals surface area contributed by atoms with E-state index in [4.69, 9.17) is 16.3 Å². The number of carbonyl (C=O) groups excluding carboxylic acids is 4. The summed E-state index contributed by atoms with van der Waals surface area (Å²) in [5.74, 6) is -8.40. The number of phenols is 1. The zero-order chi connectivity index (χ0) is 34.2. The Morgan fingerprint density at radius 1 is 0.979 bits per heavy atom. The average Bonchev–Trinajstić information content (AvgIpc) is 3.43. The molecule has 4 amide bonds. The third-order valence-corrected chi connectivity index (χ3v) is 10.7. The van der Waals surface area contributed by atoms with E-state index in [1.807, 2.05) is 6.08 Å². The van der Waals surface area contributed by atoms with Crippen molar-refractivity contribution >= 4 is 52.6 Å². The highest BCUT2D eigenvalue weighted by Gasteiger charge is 2.68. The van der Waals surface area contributed by atoms with Gasteiger partial charge in [-0.1, -0.05) is 41.4 Å². The molecule has 3 fully saturated rings. The van der Waals surface area contributed by atoms with Crippen molar-refractivity contribution in [2.75, 3.05) is 16.4 Å². The number of nitrogens with zero attached hydrogens (tertiary/aromatic N) is 2. The van der Waals surface area contributed by atoms with Gasteiger partial charge in [-0.15, -0.1) is 0 Å². The Morgan fingerprint density at radius 2 is 1.71 bits per heavy atom. The van der Waals surface area contributed by atoms with Crippen molar-refractivity contribution in [3.8, 4) is 11.5 Å². The largest absolute Gasteiger partial charge is 0.504 e. The molecule has 10 nitrogen and oxygen atoms in total. The predicted octanol–water partition coefficient (Wildman–Crippen LogP) is 5.72. The summed E-state index contributed by atoms with van der Waals surface area (Å²) in [7, 11) is 0. The Labute approximate surface area is 279 Å². The van der Waals surface area contributed by atoms with Crippen LogP contribution in [0.5, 0.6) is 11.5 Å². The van der Waals surface area contributed by atoms with Gasteiger partial charge in [-0.05, 0) is 75.1 Å². The number of hydrogen-bond acceptors (Lipinski definition) is 7. The van der Waals surface area contributed by atoms with Gasteiger partial charge in [0.2, 0.25) is 23.6 Å². The number of carbonyl (C=O) groups is 5. The summed E-state index contributed by atoms with van der Waals surface area (Å²) in [5, 5.41) is 20.8. The predicted molar refractivity (Wildman–Crippen MR) is 171 cm³/mol. The van der Waals surface area contributed by atoms with Crippen LogP contribution >= 0.6 is 11.6 Å². The molecule has 2 aliphatic carbocycles. The standard InChI is InChI=1S/C36H30ClFN2O8/c1-3-48-27-9-5-8-22(30(27)41)29-20-11-12-21-28(33(44)39(31(21)42)18-7-4-6-17(14-18)34(45)46)23(20)16-24-32(43)40(35(47)36(24,29)2)19-10-13-26(38)25(37)15-19/h4-11,13-15,21,23-24,28-29,41H,3,12,16H2,1-2H3,(H,45,46). The highest BCUT2D eigenvalue weighted by molar-refractivity contribution is 6.32. The maximum atomic E-state index is 14.6. The summed E-state index contributed by atoms with van der Waals surface area (Å²) in [4.78, 5) is 70.7. The van der Waals surface area contributed by atoms with Gasteiger partial charge in [0.15, 0.2) is 11.5 Å². The Bertz CT molecular complexity index is 1980. The number of benzene rings is 3. The first-order valence-electron chi connectivity index (χ1n) is 15.6. The van der Waals surface area contributed by atoms with Crippen LogP contribution in [0.25, 0.3) is 0 Å². The number of amides is 4. The Hall–Kier alpha value is -5.03. The number of carboxylic acids is 1. The number of aromatic hydroxyl groups is 1. The number of rotatable bonds is 6. The molecule has 246 valence electrons. The number of allylic oxidation sites excluding steroid dienone is 2. The first-order valence-corrected chi connectivity index (χ1v) is 16.0. The third kappa shape index (κ3) is 4.40. The lowest BCUT2D eigenvalue weighted by Crippen LogP contribution is -2.48. The minimum Gasteiger partial charge on any atom is -0.504 e. The van der Waals surface area contributed by atoms with Gasteiger partial charge in [0.05, 0.1) is 51.7 Å². The molecule has 7 rings (SSSR count). The van der Waals surface area contributed by atoms with E-state index in [0.717, 1.165) is 15.9 Å². The van der Waals surface area contributed by atoms with Crippen molar-refractivity contribution in [1.82, 2.24) is 0 Å². The van der Waals surface area contributed by atoms with Crippen molar-refractivity contribution in [3.05, 3.63) is 94.3 Å². The van der Waals surface area contributed by atoms with Gasteiger partial charge in [-0.2, -0.15) is 0 Å². The Kier molecular flexibility index (Phi) is 7.43. The van der Waals surface area contributed by atoms with Crippen LogP contribution in [-0.4, -0.2) is 46.4 Å². The second-order valence-corrected chi connectivity index (χ2v) is 13.2. The molecule has 48 heavy (non-hydrogen) atoms. The van der Waals surface area contributed by atoms with Crippen LogP contribution in [0.2, 0.25) is 5.02 Å². The molecular formula is C36H30ClFN2O8. The molecule has 0 radical (unpaired) electrons. The summed E-state index contributed by atoms with van der Waals surface area (Å²) in [6, 6.07) is 14.1. The van der Waals surface area contributed by atoms with E-state index in [-0.39, 0.29) is 52.9 Å². The van der Waals surface area contributed by atoms with Crippen molar-refractivity contribution in [2.24, 2.45) is 29.1 Å². The molecule has 3 aromatic carbocycles. The number of ether oxygens (including phenoxy) is 1. The van der Waals surface area contributed by atoms with Crippen molar-refractivity contribution < 1.29 is 43.3 Å². The molecule has 6 unspecified atom stereocenters. The van der Waals surface area contributed by atoms with E-state index in [1.54, 1.807) is 32.0 Å². The molecule has 12 heteroatoms. The van der Waals surface area contributed by atoms with E-state index >= 15 is 0 Å². The topological polar surface area (TPSA) is 142 Å². The van der Waals surface area contributed by atoms with Crippen LogP contribution in [0, 0.1) is 34.9 Å². The average molecular weight is 673 g/mol. The minimum absolute atomic E-state index is 0.0456. The number of imide groups is 2. The normalized spacial score (nSPS) is 27.8. The Morgan fingerprint density at radius 3 is 2.42 bits per heavy atom. The molecule has 2 aliphatic heterocycles.